The zero-order valence-electron chi connectivity index (χ0n) is 11.8. The van der Waals surface area contributed by atoms with Crippen LogP contribution < -0.4 is 0 Å². The minimum Gasteiger partial charge on any atom is -0.300 e. The average molecular weight is 238 g/mol. The maximum Gasteiger partial charge on any atom is 0.129 e. The molecule has 1 nitrogen and oxygen atoms in total. The minimum atomic E-state index is 0.355. The molecule has 0 heterocycles. The van der Waals surface area contributed by atoms with E-state index < -0.39 is 0 Å². The molecular formula is C16H30O. The molecule has 1 saturated carbocycles. The summed E-state index contributed by atoms with van der Waals surface area (Å²) >= 11 is 0. The van der Waals surface area contributed by atoms with Crippen molar-refractivity contribution in [1.29, 1.82) is 0 Å². The number of carbonyl (C=O) groups is 1. The number of unbranched alkanes of at least 4 members (excludes halogenated alkanes) is 2. The second-order valence-corrected chi connectivity index (χ2v) is 5.98. The molecule has 0 N–H and O–H groups in total. The van der Waals surface area contributed by atoms with Crippen molar-refractivity contribution in [2.75, 3.05) is 0 Å². The molecule has 0 unspecified atom stereocenters. The van der Waals surface area contributed by atoms with Crippen molar-refractivity contribution in [3.05, 3.63) is 0 Å². The van der Waals surface area contributed by atoms with Crippen LogP contribution in [0.3, 0.4) is 0 Å². The molecule has 0 aliphatic heterocycles. The van der Waals surface area contributed by atoms with E-state index in [0.717, 1.165) is 24.7 Å². The van der Waals surface area contributed by atoms with Crippen LogP contribution >= 0.6 is 0 Å². The summed E-state index contributed by atoms with van der Waals surface area (Å²) < 4.78 is 0. The van der Waals surface area contributed by atoms with Gasteiger partial charge in [0.25, 0.3) is 0 Å². The van der Waals surface area contributed by atoms with E-state index in [2.05, 4.69) is 6.92 Å². The third-order valence-corrected chi connectivity index (χ3v) is 4.32. The number of rotatable bonds is 8. The molecule has 1 rings (SSSR count). The van der Waals surface area contributed by atoms with Gasteiger partial charge in [-0.25, -0.2) is 0 Å². The fourth-order valence-electron chi connectivity index (χ4n) is 3.11. The van der Waals surface area contributed by atoms with E-state index in [1.54, 1.807) is 6.92 Å². The molecule has 0 aromatic carbocycles. The lowest BCUT2D eigenvalue weighted by Gasteiger charge is -2.28. The van der Waals surface area contributed by atoms with Gasteiger partial charge < -0.3 is 4.79 Å². The van der Waals surface area contributed by atoms with E-state index >= 15 is 0 Å². The van der Waals surface area contributed by atoms with Gasteiger partial charge in [-0.2, -0.15) is 0 Å². The fraction of sp³-hybridized carbons (Fsp3) is 0.938. The van der Waals surface area contributed by atoms with Crippen molar-refractivity contribution in [3.63, 3.8) is 0 Å². The monoisotopic (exact) mass is 238 g/mol. The number of carbonyl (C=O) groups excluding carboxylic acids is 1. The highest BCUT2D eigenvalue weighted by atomic mass is 16.1. The lowest BCUT2D eigenvalue weighted by atomic mass is 9.78. The molecule has 0 radical (unpaired) electrons. The van der Waals surface area contributed by atoms with Gasteiger partial charge in [0.15, 0.2) is 0 Å². The van der Waals surface area contributed by atoms with Crippen LogP contribution in [0, 0.1) is 11.8 Å². The molecular weight excluding hydrogens is 208 g/mol. The molecule has 0 bridgehead atoms. The molecule has 0 saturated heterocycles. The molecule has 0 aromatic rings. The number of ketones is 1. The van der Waals surface area contributed by atoms with Crippen molar-refractivity contribution in [3.8, 4) is 0 Å². The summed E-state index contributed by atoms with van der Waals surface area (Å²) in [6, 6.07) is 0. The summed E-state index contributed by atoms with van der Waals surface area (Å²) in [4.78, 5) is 10.8. The number of Topliss-reactive ketones (excluding diaryl/α,β-unsaturated/α-hetero) is 1. The van der Waals surface area contributed by atoms with Crippen molar-refractivity contribution in [2.45, 2.75) is 84.5 Å². The maximum atomic E-state index is 10.8. The van der Waals surface area contributed by atoms with E-state index in [-0.39, 0.29) is 0 Å². The third-order valence-electron chi connectivity index (χ3n) is 4.32. The average Bonchev–Trinajstić information content (AvgIpc) is 2.33. The van der Waals surface area contributed by atoms with Gasteiger partial charge in [-0.15, -0.1) is 0 Å². The first kappa shape index (κ1) is 14.7. The van der Waals surface area contributed by atoms with Crippen LogP contribution in [0.15, 0.2) is 0 Å². The highest BCUT2D eigenvalue weighted by Crippen LogP contribution is 2.34. The molecule has 100 valence electrons. The van der Waals surface area contributed by atoms with Gasteiger partial charge in [-0.05, 0) is 25.2 Å². The standard InChI is InChI=1S/C16H30O/c1-3-4-8-15-10-12-16(13-11-15)9-6-5-7-14(2)17/h15-16H,3-13H2,1-2H3. The fourth-order valence-corrected chi connectivity index (χ4v) is 3.11. The first-order chi connectivity index (χ1) is 8.22. The Labute approximate surface area is 107 Å². The summed E-state index contributed by atoms with van der Waals surface area (Å²) in [6.07, 6.45) is 14.6. The Balaban J connectivity index is 2.01. The van der Waals surface area contributed by atoms with Crippen LogP contribution in [0.2, 0.25) is 0 Å². The Morgan fingerprint density at radius 2 is 1.47 bits per heavy atom. The second kappa shape index (κ2) is 8.72. The molecule has 1 fully saturated rings. The summed E-state index contributed by atoms with van der Waals surface area (Å²) in [5.74, 6) is 2.36. The Morgan fingerprint density at radius 3 is 1.94 bits per heavy atom. The Bertz CT molecular complexity index is 202. The van der Waals surface area contributed by atoms with E-state index in [0.29, 0.717) is 5.78 Å². The normalized spacial score (nSPS) is 24.8. The van der Waals surface area contributed by atoms with Gasteiger partial charge in [-0.1, -0.05) is 64.7 Å². The SMILES string of the molecule is CCCCC1CCC(CCCCC(C)=O)CC1. The Morgan fingerprint density at radius 1 is 0.941 bits per heavy atom. The highest BCUT2D eigenvalue weighted by Gasteiger charge is 2.20. The topological polar surface area (TPSA) is 17.1 Å². The largest absolute Gasteiger partial charge is 0.300 e. The number of hydrogen-bond donors (Lipinski definition) is 0. The Hall–Kier alpha value is -0.330. The lowest BCUT2D eigenvalue weighted by molar-refractivity contribution is -0.117. The van der Waals surface area contributed by atoms with Crippen LogP contribution in [0.5, 0.6) is 0 Å². The van der Waals surface area contributed by atoms with Gasteiger partial charge in [0.1, 0.15) is 5.78 Å². The molecule has 0 atom stereocenters. The van der Waals surface area contributed by atoms with Crippen LogP contribution in [0.25, 0.3) is 0 Å². The van der Waals surface area contributed by atoms with Gasteiger partial charge >= 0.3 is 0 Å². The molecule has 1 aliphatic carbocycles. The molecule has 17 heavy (non-hydrogen) atoms. The van der Waals surface area contributed by atoms with Crippen molar-refractivity contribution < 1.29 is 4.79 Å². The zero-order valence-corrected chi connectivity index (χ0v) is 11.8. The van der Waals surface area contributed by atoms with Crippen molar-refractivity contribution >= 4 is 5.78 Å². The van der Waals surface area contributed by atoms with Gasteiger partial charge in [0.05, 0.1) is 0 Å². The predicted molar refractivity (Wildman–Crippen MR) is 74.1 cm³/mol. The van der Waals surface area contributed by atoms with E-state index in [9.17, 15) is 4.79 Å². The van der Waals surface area contributed by atoms with Crippen LogP contribution in [-0.2, 0) is 4.79 Å². The molecule has 0 spiro atoms. The van der Waals surface area contributed by atoms with E-state index in [1.165, 1.54) is 57.8 Å². The first-order valence-electron chi connectivity index (χ1n) is 7.71. The number of hydrogen-bond acceptors (Lipinski definition) is 1. The summed E-state index contributed by atoms with van der Waals surface area (Å²) in [7, 11) is 0. The highest BCUT2D eigenvalue weighted by molar-refractivity contribution is 5.75. The molecule has 0 aromatic heterocycles. The maximum absolute atomic E-state index is 10.8. The lowest BCUT2D eigenvalue weighted by Crippen LogP contribution is -2.14. The van der Waals surface area contributed by atoms with Crippen molar-refractivity contribution in [2.24, 2.45) is 11.8 Å². The van der Waals surface area contributed by atoms with Crippen LogP contribution in [0.1, 0.15) is 84.5 Å². The molecule has 1 aliphatic rings. The Kier molecular flexibility index (Phi) is 7.55. The first-order valence-corrected chi connectivity index (χ1v) is 7.71. The van der Waals surface area contributed by atoms with E-state index in [4.69, 9.17) is 0 Å². The summed E-state index contributed by atoms with van der Waals surface area (Å²) in [6.45, 7) is 4.00. The van der Waals surface area contributed by atoms with E-state index in [1.807, 2.05) is 0 Å². The van der Waals surface area contributed by atoms with Crippen molar-refractivity contribution in [1.82, 2.24) is 0 Å². The van der Waals surface area contributed by atoms with Gasteiger partial charge in [0.2, 0.25) is 0 Å². The van der Waals surface area contributed by atoms with Crippen LogP contribution in [0.4, 0.5) is 0 Å². The minimum absolute atomic E-state index is 0.355. The van der Waals surface area contributed by atoms with Crippen LogP contribution in [-0.4, -0.2) is 5.78 Å². The molecule has 1 heteroatoms. The molecule has 0 amide bonds. The smallest absolute Gasteiger partial charge is 0.129 e. The second-order valence-electron chi connectivity index (χ2n) is 5.98. The van der Waals surface area contributed by atoms with Gasteiger partial charge in [0, 0.05) is 6.42 Å². The summed E-state index contributed by atoms with van der Waals surface area (Å²) in [5, 5.41) is 0. The quantitative estimate of drug-likeness (QED) is 0.536. The predicted octanol–water partition coefficient (Wildman–Crippen LogP) is 5.13. The third kappa shape index (κ3) is 6.85. The zero-order chi connectivity index (χ0) is 12.5. The summed E-state index contributed by atoms with van der Waals surface area (Å²) in [5.41, 5.74) is 0. The van der Waals surface area contributed by atoms with Gasteiger partial charge in [-0.3, -0.25) is 0 Å².